The number of hydrogen-bond acceptors (Lipinski definition) is 3. The average molecular weight is 296 g/mol. The molecule has 2 aliphatic rings. The molecule has 0 aliphatic carbocycles. The van der Waals surface area contributed by atoms with Crippen molar-refractivity contribution in [3.05, 3.63) is 0 Å². The maximum absolute atomic E-state index is 6.27. The van der Waals surface area contributed by atoms with Crippen LogP contribution in [0.4, 0.5) is 0 Å². The van der Waals surface area contributed by atoms with Gasteiger partial charge in [0.05, 0.1) is 12.2 Å². The SMILES string of the molecule is CCCC1CCCCN1CC1CCC(CNCC(C)C)O1. The molecule has 124 valence electrons. The van der Waals surface area contributed by atoms with Gasteiger partial charge in [-0.3, -0.25) is 4.90 Å². The Bertz CT molecular complexity index is 280. The van der Waals surface area contributed by atoms with Gasteiger partial charge in [-0.05, 0) is 51.1 Å². The number of rotatable bonds is 8. The van der Waals surface area contributed by atoms with E-state index in [1.54, 1.807) is 0 Å². The van der Waals surface area contributed by atoms with Crippen LogP contribution in [0.15, 0.2) is 0 Å². The summed E-state index contributed by atoms with van der Waals surface area (Å²) in [5.74, 6) is 0.727. The average Bonchev–Trinajstić information content (AvgIpc) is 2.88. The highest BCUT2D eigenvalue weighted by molar-refractivity contribution is 4.83. The maximum Gasteiger partial charge on any atom is 0.0707 e. The number of nitrogens with zero attached hydrogens (tertiary/aromatic N) is 1. The molecule has 3 heteroatoms. The van der Waals surface area contributed by atoms with Crippen LogP contribution in [0, 0.1) is 5.92 Å². The van der Waals surface area contributed by atoms with E-state index in [1.165, 1.54) is 58.0 Å². The molecule has 1 N–H and O–H groups in total. The van der Waals surface area contributed by atoms with Crippen molar-refractivity contribution in [1.29, 1.82) is 0 Å². The first-order valence-electron chi connectivity index (χ1n) is 9.29. The van der Waals surface area contributed by atoms with Crippen molar-refractivity contribution in [3.8, 4) is 0 Å². The van der Waals surface area contributed by atoms with Crippen molar-refractivity contribution in [2.75, 3.05) is 26.2 Å². The Morgan fingerprint density at radius 2 is 1.95 bits per heavy atom. The van der Waals surface area contributed by atoms with Crippen LogP contribution in [-0.4, -0.2) is 49.3 Å². The van der Waals surface area contributed by atoms with Crippen LogP contribution in [0.2, 0.25) is 0 Å². The number of nitrogens with one attached hydrogen (secondary N) is 1. The Hall–Kier alpha value is -0.120. The molecule has 0 spiro atoms. The predicted molar refractivity (Wildman–Crippen MR) is 89.7 cm³/mol. The van der Waals surface area contributed by atoms with Gasteiger partial charge in [0.2, 0.25) is 0 Å². The van der Waals surface area contributed by atoms with Crippen LogP contribution in [0.1, 0.15) is 65.7 Å². The van der Waals surface area contributed by atoms with Crippen molar-refractivity contribution >= 4 is 0 Å². The molecule has 3 atom stereocenters. The molecule has 0 amide bonds. The third-order valence-electron chi connectivity index (χ3n) is 4.93. The molecule has 21 heavy (non-hydrogen) atoms. The molecule has 0 bridgehead atoms. The van der Waals surface area contributed by atoms with E-state index < -0.39 is 0 Å². The van der Waals surface area contributed by atoms with Gasteiger partial charge in [-0.15, -0.1) is 0 Å². The quantitative estimate of drug-likeness (QED) is 0.742. The Balaban J connectivity index is 1.68. The van der Waals surface area contributed by atoms with E-state index in [1.807, 2.05) is 0 Å². The summed E-state index contributed by atoms with van der Waals surface area (Å²) in [6.45, 7) is 11.4. The predicted octanol–water partition coefficient (Wildman–Crippen LogP) is 3.43. The van der Waals surface area contributed by atoms with Gasteiger partial charge >= 0.3 is 0 Å². The Morgan fingerprint density at radius 1 is 1.14 bits per heavy atom. The second-order valence-corrected chi connectivity index (χ2v) is 7.44. The number of hydrogen-bond donors (Lipinski definition) is 1. The summed E-state index contributed by atoms with van der Waals surface area (Å²) < 4.78 is 6.27. The van der Waals surface area contributed by atoms with Crippen molar-refractivity contribution in [1.82, 2.24) is 10.2 Å². The lowest BCUT2D eigenvalue weighted by atomic mass is 9.97. The molecule has 2 saturated heterocycles. The zero-order valence-corrected chi connectivity index (χ0v) is 14.4. The Kier molecular flexibility index (Phi) is 7.48. The Morgan fingerprint density at radius 3 is 2.71 bits per heavy atom. The molecule has 2 heterocycles. The fourth-order valence-corrected chi connectivity index (χ4v) is 3.82. The molecule has 0 saturated carbocycles. The van der Waals surface area contributed by atoms with Crippen LogP contribution in [0.25, 0.3) is 0 Å². The minimum absolute atomic E-state index is 0.447. The molecule has 0 aromatic carbocycles. The molecule has 0 aromatic heterocycles. The standard InChI is InChI=1S/C18H36N2O/c1-4-7-16-8-5-6-11-20(16)14-18-10-9-17(21-18)13-19-12-15(2)3/h15-19H,4-14H2,1-3H3. The van der Waals surface area contributed by atoms with Gasteiger partial charge in [-0.1, -0.05) is 33.6 Å². The van der Waals surface area contributed by atoms with Crippen molar-refractivity contribution < 1.29 is 4.74 Å². The smallest absolute Gasteiger partial charge is 0.0707 e. The first kappa shape index (κ1) is 17.2. The van der Waals surface area contributed by atoms with Crippen LogP contribution >= 0.6 is 0 Å². The van der Waals surface area contributed by atoms with E-state index in [0.29, 0.717) is 12.2 Å². The van der Waals surface area contributed by atoms with E-state index in [4.69, 9.17) is 4.74 Å². The highest BCUT2D eigenvalue weighted by Gasteiger charge is 2.29. The second-order valence-electron chi connectivity index (χ2n) is 7.44. The second kappa shape index (κ2) is 9.12. The van der Waals surface area contributed by atoms with Crippen LogP contribution < -0.4 is 5.32 Å². The zero-order chi connectivity index (χ0) is 15.1. The molecule has 2 aliphatic heterocycles. The van der Waals surface area contributed by atoms with E-state index in [0.717, 1.165) is 25.0 Å². The Labute approximate surface area is 131 Å². The number of piperidine rings is 1. The highest BCUT2D eigenvalue weighted by Crippen LogP contribution is 2.25. The summed E-state index contributed by atoms with van der Waals surface area (Å²) in [6, 6.07) is 0.825. The van der Waals surface area contributed by atoms with E-state index >= 15 is 0 Å². The largest absolute Gasteiger partial charge is 0.372 e. The molecule has 3 nitrogen and oxygen atoms in total. The molecule has 0 radical (unpaired) electrons. The van der Waals surface area contributed by atoms with Gasteiger partial charge in [0.1, 0.15) is 0 Å². The lowest BCUT2D eigenvalue weighted by molar-refractivity contribution is 0.00604. The highest BCUT2D eigenvalue weighted by atomic mass is 16.5. The first-order valence-corrected chi connectivity index (χ1v) is 9.29. The molecule has 2 rings (SSSR count). The summed E-state index contributed by atoms with van der Waals surface area (Å²) in [6.07, 6.45) is 10.3. The molecule has 0 aromatic rings. The molecular formula is C18H36N2O. The van der Waals surface area contributed by atoms with E-state index in [2.05, 4.69) is 31.0 Å². The monoisotopic (exact) mass is 296 g/mol. The summed E-state index contributed by atoms with van der Waals surface area (Å²) >= 11 is 0. The van der Waals surface area contributed by atoms with Crippen LogP contribution in [0.3, 0.4) is 0 Å². The first-order chi connectivity index (χ1) is 10.2. The van der Waals surface area contributed by atoms with Gasteiger partial charge in [0.15, 0.2) is 0 Å². The number of ether oxygens (including phenoxy) is 1. The van der Waals surface area contributed by atoms with Gasteiger partial charge in [-0.25, -0.2) is 0 Å². The topological polar surface area (TPSA) is 24.5 Å². The van der Waals surface area contributed by atoms with Crippen molar-refractivity contribution in [2.24, 2.45) is 5.92 Å². The fraction of sp³-hybridized carbons (Fsp3) is 1.00. The zero-order valence-electron chi connectivity index (χ0n) is 14.4. The molecular weight excluding hydrogens is 260 g/mol. The lowest BCUT2D eigenvalue weighted by Gasteiger charge is -2.37. The maximum atomic E-state index is 6.27. The number of likely N-dealkylation sites (tertiary alicyclic amines) is 1. The summed E-state index contributed by atoms with van der Waals surface area (Å²) in [7, 11) is 0. The summed E-state index contributed by atoms with van der Waals surface area (Å²) in [4.78, 5) is 2.72. The normalized spacial score (nSPS) is 31.1. The summed E-state index contributed by atoms with van der Waals surface area (Å²) in [5, 5.41) is 3.54. The lowest BCUT2D eigenvalue weighted by Crippen LogP contribution is -2.43. The van der Waals surface area contributed by atoms with Crippen molar-refractivity contribution in [3.63, 3.8) is 0 Å². The van der Waals surface area contributed by atoms with Gasteiger partial charge in [0.25, 0.3) is 0 Å². The van der Waals surface area contributed by atoms with Crippen molar-refractivity contribution in [2.45, 2.75) is 84.0 Å². The minimum Gasteiger partial charge on any atom is -0.372 e. The third kappa shape index (κ3) is 5.88. The third-order valence-corrected chi connectivity index (χ3v) is 4.93. The van der Waals surface area contributed by atoms with Gasteiger partial charge < -0.3 is 10.1 Å². The van der Waals surface area contributed by atoms with Crippen LogP contribution in [0.5, 0.6) is 0 Å². The van der Waals surface area contributed by atoms with Crippen LogP contribution in [-0.2, 0) is 4.74 Å². The van der Waals surface area contributed by atoms with E-state index in [-0.39, 0.29) is 0 Å². The minimum atomic E-state index is 0.447. The van der Waals surface area contributed by atoms with Gasteiger partial charge in [-0.2, -0.15) is 0 Å². The van der Waals surface area contributed by atoms with Gasteiger partial charge in [0, 0.05) is 19.1 Å². The molecule has 2 fully saturated rings. The molecule has 3 unspecified atom stereocenters. The summed E-state index contributed by atoms with van der Waals surface area (Å²) in [5.41, 5.74) is 0. The van der Waals surface area contributed by atoms with E-state index in [9.17, 15) is 0 Å². The fourth-order valence-electron chi connectivity index (χ4n) is 3.82.